The van der Waals surface area contributed by atoms with E-state index in [1.165, 1.54) is 5.56 Å². The average molecular weight is 397 g/mol. The standard InChI is InChI=1S/C24H32N2O3/c1-16(2)20-7-6-17(3)12-22(20)29-24(4,5)23(27)26-21-15-28-14-19(21)13-18-8-10-25-11-9-18/h6-12,16,19,21H,13-15H2,1-5H3,(H,26,27)/t19-,21-/m1/s1. The van der Waals surface area contributed by atoms with Gasteiger partial charge in [-0.05, 0) is 68.0 Å². The van der Waals surface area contributed by atoms with E-state index in [9.17, 15) is 4.79 Å². The summed E-state index contributed by atoms with van der Waals surface area (Å²) < 4.78 is 11.9. The first-order valence-electron chi connectivity index (χ1n) is 10.3. The van der Waals surface area contributed by atoms with Crippen molar-refractivity contribution in [3.8, 4) is 5.75 Å². The van der Waals surface area contributed by atoms with Crippen LogP contribution in [0.4, 0.5) is 0 Å². The molecule has 5 heteroatoms. The summed E-state index contributed by atoms with van der Waals surface area (Å²) >= 11 is 0. The van der Waals surface area contributed by atoms with E-state index in [1.807, 2.05) is 39.0 Å². The van der Waals surface area contributed by atoms with Gasteiger partial charge in [-0.3, -0.25) is 9.78 Å². The predicted molar refractivity (Wildman–Crippen MR) is 114 cm³/mol. The fraction of sp³-hybridized carbons (Fsp3) is 0.500. The Labute approximate surface area is 173 Å². The van der Waals surface area contributed by atoms with Crippen molar-refractivity contribution in [1.29, 1.82) is 0 Å². The quantitative estimate of drug-likeness (QED) is 0.767. The molecule has 1 aliphatic rings. The van der Waals surface area contributed by atoms with Gasteiger partial charge < -0.3 is 14.8 Å². The third-order valence-corrected chi connectivity index (χ3v) is 5.47. The van der Waals surface area contributed by atoms with Crippen molar-refractivity contribution < 1.29 is 14.3 Å². The third-order valence-electron chi connectivity index (χ3n) is 5.47. The van der Waals surface area contributed by atoms with Crippen LogP contribution in [0.25, 0.3) is 0 Å². The Hall–Kier alpha value is -2.40. The smallest absolute Gasteiger partial charge is 0.263 e. The van der Waals surface area contributed by atoms with Crippen LogP contribution in [0.3, 0.4) is 0 Å². The molecule has 0 saturated carbocycles. The summed E-state index contributed by atoms with van der Waals surface area (Å²) in [6.45, 7) is 11.1. The minimum atomic E-state index is -0.985. The lowest BCUT2D eigenvalue weighted by Gasteiger charge is -2.30. The van der Waals surface area contributed by atoms with Crippen molar-refractivity contribution in [2.24, 2.45) is 5.92 Å². The Balaban J connectivity index is 1.68. The number of pyridine rings is 1. The zero-order valence-corrected chi connectivity index (χ0v) is 18.1. The maximum Gasteiger partial charge on any atom is 0.263 e. The molecule has 1 fully saturated rings. The normalized spacial score (nSPS) is 19.4. The first-order valence-corrected chi connectivity index (χ1v) is 10.3. The van der Waals surface area contributed by atoms with Crippen LogP contribution in [0.5, 0.6) is 5.75 Å². The fourth-order valence-electron chi connectivity index (χ4n) is 3.65. The number of nitrogens with zero attached hydrogens (tertiary/aromatic N) is 1. The molecule has 0 bridgehead atoms. The lowest BCUT2D eigenvalue weighted by Crippen LogP contribution is -2.52. The summed E-state index contributed by atoms with van der Waals surface area (Å²) in [7, 11) is 0. The number of nitrogens with one attached hydrogen (secondary N) is 1. The number of hydrogen-bond donors (Lipinski definition) is 1. The lowest BCUT2D eigenvalue weighted by atomic mass is 9.94. The van der Waals surface area contributed by atoms with Crippen molar-refractivity contribution in [3.05, 3.63) is 59.4 Å². The van der Waals surface area contributed by atoms with E-state index < -0.39 is 5.60 Å². The first kappa shape index (κ1) is 21.3. The van der Waals surface area contributed by atoms with Crippen molar-refractivity contribution >= 4 is 5.91 Å². The number of carbonyl (C=O) groups is 1. The zero-order chi connectivity index (χ0) is 21.0. The molecule has 29 heavy (non-hydrogen) atoms. The number of carbonyl (C=O) groups excluding carboxylic acids is 1. The summed E-state index contributed by atoms with van der Waals surface area (Å²) in [6.07, 6.45) is 4.44. The average Bonchev–Trinajstić information content (AvgIpc) is 3.08. The van der Waals surface area contributed by atoms with E-state index in [2.05, 4.69) is 36.3 Å². The fourth-order valence-corrected chi connectivity index (χ4v) is 3.65. The summed E-state index contributed by atoms with van der Waals surface area (Å²) in [5.41, 5.74) is 2.44. The summed E-state index contributed by atoms with van der Waals surface area (Å²) in [5.74, 6) is 1.21. The molecule has 1 aromatic heterocycles. The third kappa shape index (κ3) is 5.36. The number of ether oxygens (including phenoxy) is 2. The van der Waals surface area contributed by atoms with Crippen molar-refractivity contribution in [1.82, 2.24) is 10.3 Å². The van der Waals surface area contributed by atoms with Crippen LogP contribution in [0.2, 0.25) is 0 Å². The van der Waals surface area contributed by atoms with Gasteiger partial charge in [0.1, 0.15) is 5.75 Å². The Morgan fingerprint density at radius 3 is 2.66 bits per heavy atom. The molecule has 0 unspecified atom stereocenters. The minimum Gasteiger partial charge on any atom is -0.478 e. The molecule has 156 valence electrons. The highest BCUT2D eigenvalue weighted by atomic mass is 16.5. The Morgan fingerprint density at radius 2 is 1.97 bits per heavy atom. The second-order valence-electron chi connectivity index (χ2n) is 8.75. The molecule has 0 aliphatic carbocycles. The van der Waals surface area contributed by atoms with Crippen LogP contribution in [0.15, 0.2) is 42.7 Å². The molecule has 2 atom stereocenters. The van der Waals surface area contributed by atoms with E-state index in [0.717, 1.165) is 23.3 Å². The molecule has 2 heterocycles. The molecule has 5 nitrogen and oxygen atoms in total. The maximum absolute atomic E-state index is 13.1. The van der Waals surface area contributed by atoms with E-state index in [4.69, 9.17) is 9.47 Å². The van der Waals surface area contributed by atoms with Gasteiger partial charge in [0.2, 0.25) is 0 Å². The monoisotopic (exact) mass is 396 g/mol. The van der Waals surface area contributed by atoms with Gasteiger partial charge in [0.25, 0.3) is 5.91 Å². The molecule has 1 aromatic carbocycles. The zero-order valence-electron chi connectivity index (χ0n) is 18.1. The highest BCUT2D eigenvalue weighted by Gasteiger charge is 2.36. The van der Waals surface area contributed by atoms with Gasteiger partial charge in [0, 0.05) is 18.3 Å². The molecule has 0 spiro atoms. The number of aryl methyl sites for hydroxylation is 1. The number of hydrogen-bond acceptors (Lipinski definition) is 4. The molecule has 1 aliphatic heterocycles. The molecular weight excluding hydrogens is 364 g/mol. The van der Waals surface area contributed by atoms with Crippen LogP contribution < -0.4 is 10.1 Å². The van der Waals surface area contributed by atoms with Crippen LogP contribution in [0, 0.1) is 12.8 Å². The minimum absolute atomic E-state index is 0.0272. The van der Waals surface area contributed by atoms with Gasteiger partial charge in [0.05, 0.1) is 19.3 Å². The molecule has 1 saturated heterocycles. The number of amides is 1. The molecule has 3 rings (SSSR count). The van der Waals surface area contributed by atoms with Crippen molar-refractivity contribution in [3.63, 3.8) is 0 Å². The second-order valence-corrected chi connectivity index (χ2v) is 8.75. The van der Waals surface area contributed by atoms with E-state index >= 15 is 0 Å². The molecule has 2 aromatic rings. The van der Waals surface area contributed by atoms with E-state index in [-0.39, 0.29) is 17.9 Å². The van der Waals surface area contributed by atoms with E-state index in [1.54, 1.807) is 12.4 Å². The number of aromatic nitrogens is 1. The van der Waals surface area contributed by atoms with Crippen LogP contribution in [-0.4, -0.2) is 35.7 Å². The summed E-state index contributed by atoms with van der Waals surface area (Å²) in [5, 5.41) is 3.17. The molecular formula is C24H32N2O3. The number of benzene rings is 1. The van der Waals surface area contributed by atoms with Crippen molar-refractivity contribution in [2.75, 3.05) is 13.2 Å². The van der Waals surface area contributed by atoms with E-state index in [0.29, 0.717) is 19.1 Å². The van der Waals surface area contributed by atoms with Gasteiger partial charge in [-0.1, -0.05) is 26.0 Å². The van der Waals surface area contributed by atoms with Crippen LogP contribution in [0.1, 0.15) is 50.3 Å². The molecule has 0 radical (unpaired) electrons. The van der Waals surface area contributed by atoms with Gasteiger partial charge in [-0.25, -0.2) is 0 Å². The van der Waals surface area contributed by atoms with Crippen LogP contribution in [-0.2, 0) is 16.0 Å². The molecule has 1 N–H and O–H groups in total. The highest BCUT2D eigenvalue weighted by molar-refractivity contribution is 5.85. The summed E-state index contributed by atoms with van der Waals surface area (Å²) in [6, 6.07) is 10.2. The van der Waals surface area contributed by atoms with Gasteiger partial charge >= 0.3 is 0 Å². The predicted octanol–water partition coefficient (Wildman–Crippen LogP) is 4.04. The second kappa shape index (κ2) is 8.95. The largest absolute Gasteiger partial charge is 0.478 e. The van der Waals surface area contributed by atoms with Gasteiger partial charge in [0.15, 0.2) is 5.60 Å². The Bertz CT molecular complexity index is 833. The van der Waals surface area contributed by atoms with Crippen molar-refractivity contribution in [2.45, 2.75) is 58.6 Å². The maximum atomic E-state index is 13.1. The summed E-state index contributed by atoms with van der Waals surface area (Å²) in [4.78, 5) is 17.2. The lowest BCUT2D eigenvalue weighted by molar-refractivity contribution is -0.135. The Morgan fingerprint density at radius 1 is 1.24 bits per heavy atom. The van der Waals surface area contributed by atoms with Gasteiger partial charge in [-0.15, -0.1) is 0 Å². The molecule has 1 amide bonds. The topological polar surface area (TPSA) is 60.5 Å². The SMILES string of the molecule is Cc1ccc(C(C)C)c(OC(C)(C)C(=O)N[C@@H]2COC[C@H]2Cc2ccncc2)c1. The van der Waals surface area contributed by atoms with Gasteiger partial charge in [-0.2, -0.15) is 0 Å². The highest BCUT2D eigenvalue weighted by Crippen LogP contribution is 2.31. The number of rotatable bonds is 7. The van der Waals surface area contributed by atoms with Crippen LogP contribution >= 0.6 is 0 Å². The Kier molecular flexibility index (Phi) is 6.58. The first-order chi connectivity index (χ1) is 13.8.